The van der Waals surface area contributed by atoms with Crippen molar-refractivity contribution < 1.29 is 9.59 Å². The number of amides is 3. The fraction of sp³-hybridized carbons (Fsp3) is 0.600. The van der Waals surface area contributed by atoms with Gasteiger partial charge in [0.1, 0.15) is 0 Å². The lowest BCUT2D eigenvalue weighted by atomic mass is 10.1. The molecule has 0 radical (unpaired) electrons. The monoisotopic (exact) mass is 194 g/mol. The van der Waals surface area contributed by atoms with Gasteiger partial charge < -0.3 is 4.90 Å². The number of nitrogens with zero attached hydrogens (tertiary/aromatic N) is 1. The molecule has 14 heavy (non-hydrogen) atoms. The summed E-state index contributed by atoms with van der Waals surface area (Å²) in [7, 11) is 0. The van der Waals surface area contributed by atoms with E-state index in [-0.39, 0.29) is 23.9 Å². The molecule has 0 aromatic heterocycles. The lowest BCUT2D eigenvalue weighted by Crippen LogP contribution is -2.56. The van der Waals surface area contributed by atoms with Gasteiger partial charge in [0, 0.05) is 6.54 Å². The molecule has 0 aromatic rings. The van der Waals surface area contributed by atoms with Crippen LogP contribution in [0.5, 0.6) is 0 Å². The summed E-state index contributed by atoms with van der Waals surface area (Å²) < 4.78 is 0. The minimum absolute atomic E-state index is 0.185. The molecule has 4 nitrogen and oxygen atoms in total. The summed E-state index contributed by atoms with van der Waals surface area (Å²) in [5.74, 6) is 2.13. The molecule has 1 aliphatic heterocycles. The van der Waals surface area contributed by atoms with Crippen molar-refractivity contribution in [2.24, 2.45) is 5.92 Å². The number of terminal acetylenes is 1. The fourth-order valence-corrected chi connectivity index (χ4v) is 1.46. The van der Waals surface area contributed by atoms with E-state index in [0.717, 1.165) is 0 Å². The first-order chi connectivity index (χ1) is 6.60. The van der Waals surface area contributed by atoms with Crippen LogP contribution in [0.4, 0.5) is 4.79 Å². The summed E-state index contributed by atoms with van der Waals surface area (Å²) in [4.78, 5) is 24.1. The van der Waals surface area contributed by atoms with Crippen molar-refractivity contribution in [2.45, 2.75) is 26.3 Å². The highest BCUT2D eigenvalue weighted by Crippen LogP contribution is 2.12. The van der Waals surface area contributed by atoms with E-state index >= 15 is 0 Å². The smallest absolute Gasteiger partial charge is 0.310 e. The van der Waals surface area contributed by atoms with Gasteiger partial charge in [-0.25, -0.2) is 4.79 Å². The Morgan fingerprint density at radius 3 is 2.86 bits per heavy atom. The Morgan fingerprint density at radius 2 is 2.36 bits per heavy atom. The average Bonchev–Trinajstić information content (AvgIpc) is 2.15. The SMILES string of the molecule is C#CC(CC)N1CC(C)C(=O)NC1=O. The van der Waals surface area contributed by atoms with Crippen LogP contribution in [0.2, 0.25) is 0 Å². The van der Waals surface area contributed by atoms with Gasteiger partial charge in [0.05, 0.1) is 12.0 Å². The number of hydrogen-bond donors (Lipinski definition) is 1. The predicted molar refractivity (Wildman–Crippen MR) is 52.3 cm³/mol. The molecule has 0 aliphatic carbocycles. The highest BCUT2D eigenvalue weighted by Gasteiger charge is 2.32. The maximum absolute atomic E-state index is 11.4. The molecule has 0 bridgehead atoms. The first-order valence-corrected chi connectivity index (χ1v) is 4.67. The highest BCUT2D eigenvalue weighted by molar-refractivity contribution is 5.98. The Balaban J connectivity index is 2.76. The largest absolute Gasteiger partial charge is 0.325 e. The van der Waals surface area contributed by atoms with Crippen molar-refractivity contribution in [2.75, 3.05) is 6.54 Å². The van der Waals surface area contributed by atoms with E-state index in [0.29, 0.717) is 13.0 Å². The third kappa shape index (κ3) is 1.87. The zero-order chi connectivity index (χ0) is 10.7. The molecular weight excluding hydrogens is 180 g/mol. The van der Waals surface area contributed by atoms with Crippen molar-refractivity contribution in [1.29, 1.82) is 0 Å². The minimum Gasteiger partial charge on any atom is -0.310 e. The van der Waals surface area contributed by atoms with Gasteiger partial charge in [0.15, 0.2) is 0 Å². The van der Waals surface area contributed by atoms with E-state index in [1.54, 1.807) is 6.92 Å². The zero-order valence-electron chi connectivity index (χ0n) is 8.41. The van der Waals surface area contributed by atoms with Gasteiger partial charge in [-0.15, -0.1) is 6.42 Å². The Hall–Kier alpha value is -1.50. The fourth-order valence-electron chi connectivity index (χ4n) is 1.46. The normalized spacial score (nSPS) is 24.1. The van der Waals surface area contributed by atoms with E-state index in [9.17, 15) is 9.59 Å². The molecule has 0 aromatic carbocycles. The lowest BCUT2D eigenvalue weighted by molar-refractivity contribution is -0.125. The third-order valence-corrected chi connectivity index (χ3v) is 2.36. The first kappa shape index (κ1) is 10.6. The molecule has 0 spiro atoms. The van der Waals surface area contributed by atoms with Gasteiger partial charge >= 0.3 is 6.03 Å². The standard InChI is InChI=1S/C10H14N2O2/c1-4-8(5-2)12-6-7(3)9(13)11-10(12)14/h1,7-8H,5-6H2,2-3H3,(H,11,13,14). The maximum Gasteiger partial charge on any atom is 0.325 e. The number of hydrogen-bond acceptors (Lipinski definition) is 2. The van der Waals surface area contributed by atoms with E-state index in [2.05, 4.69) is 11.2 Å². The molecule has 1 aliphatic rings. The zero-order valence-corrected chi connectivity index (χ0v) is 8.41. The molecule has 0 saturated carbocycles. The Bertz CT molecular complexity index is 293. The lowest BCUT2D eigenvalue weighted by Gasteiger charge is -2.33. The molecule has 76 valence electrons. The van der Waals surface area contributed by atoms with E-state index in [1.807, 2.05) is 6.92 Å². The molecule has 1 fully saturated rings. The first-order valence-electron chi connectivity index (χ1n) is 4.67. The average molecular weight is 194 g/mol. The summed E-state index contributed by atoms with van der Waals surface area (Å²) in [6.07, 6.45) is 6.00. The maximum atomic E-state index is 11.4. The highest BCUT2D eigenvalue weighted by atomic mass is 16.2. The summed E-state index contributed by atoms with van der Waals surface area (Å²) in [5, 5.41) is 2.28. The number of nitrogens with one attached hydrogen (secondary N) is 1. The van der Waals surface area contributed by atoms with Crippen molar-refractivity contribution in [3.8, 4) is 12.3 Å². The van der Waals surface area contributed by atoms with Gasteiger partial charge in [-0.1, -0.05) is 19.8 Å². The van der Waals surface area contributed by atoms with Crippen LogP contribution < -0.4 is 5.32 Å². The summed E-state index contributed by atoms with van der Waals surface area (Å²) in [5.41, 5.74) is 0. The van der Waals surface area contributed by atoms with Crippen molar-refractivity contribution in [3.63, 3.8) is 0 Å². The van der Waals surface area contributed by atoms with Crippen LogP contribution in [0.3, 0.4) is 0 Å². The molecule has 1 N–H and O–H groups in total. The van der Waals surface area contributed by atoms with Crippen molar-refractivity contribution in [1.82, 2.24) is 10.2 Å². The molecule has 1 saturated heterocycles. The van der Waals surface area contributed by atoms with Crippen LogP contribution in [0.25, 0.3) is 0 Å². The number of carbonyl (C=O) groups is 2. The molecular formula is C10H14N2O2. The Labute approximate surface area is 83.6 Å². The second kappa shape index (κ2) is 4.14. The van der Waals surface area contributed by atoms with Gasteiger partial charge in [0.25, 0.3) is 0 Å². The second-order valence-electron chi connectivity index (χ2n) is 3.44. The van der Waals surface area contributed by atoms with Gasteiger partial charge in [0.2, 0.25) is 5.91 Å². The van der Waals surface area contributed by atoms with E-state index < -0.39 is 0 Å². The van der Waals surface area contributed by atoms with Crippen LogP contribution >= 0.6 is 0 Å². The minimum atomic E-state index is -0.377. The number of urea groups is 1. The Kier molecular flexibility index (Phi) is 3.13. The number of imide groups is 1. The quantitative estimate of drug-likeness (QED) is 0.654. The van der Waals surface area contributed by atoms with Crippen molar-refractivity contribution in [3.05, 3.63) is 0 Å². The van der Waals surface area contributed by atoms with Crippen LogP contribution in [0.1, 0.15) is 20.3 Å². The topological polar surface area (TPSA) is 49.4 Å². The summed E-state index contributed by atoms with van der Waals surface area (Å²) in [6.45, 7) is 4.10. The molecule has 3 amide bonds. The summed E-state index contributed by atoms with van der Waals surface area (Å²) >= 11 is 0. The Morgan fingerprint density at radius 1 is 1.71 bits per heavy atom. The molecule has 4 heteroatoms. The molecule has 1 rings (SSSR count). The number of rotatable bonds is 2. The molecule has 1 heterocycles. The van der Waals surface area contributed by atoms with Crippen LogP contribution in [-0.2, 0) is 4.79 Å². The molecule has 2 unspecified atom stereocenters. The van der Waals surface area contributed by atoms with E-state index in [4.69, 9.17) is 6.42 Å². The molecule has 2 atom stereocenters. The number of carbonyl (C=O) groups excluding carboxylic acids is 2. The van der Waals surface area contributed by atoms with Gasteiger partial charge in [-0.2, -0.15) is 0 Å². The predicted octanol–water partition coefficient (Wildman–Crippen LogP) is 0.586. The summed E-state index contributed by atoms with van der Waals surface area (Å²) in [6, 6.07) is -0.594. The van der Waals surface area contributed by atoms with Gasteiger partial charge in [-0.05, 0) is 6.42 Å². The van der Waals surface area contributed by atoms with Crippen LogP contribution in [0, 0.1) is 18.3 Å². The van der Waals surface area contributed by atoms with Gasteiger partial charge in [-0.3, -0.25) is 10.1 Å². The van der Waals surface area contributed by atoms with Crippen molar-refractivity contribution >= 4 is 11.9 Å². The van der Waals surface area contributed by atoms with Crippen LogP contribution in [0.15, 0.2) is 0 Å². The second-order valence-corrected chi connectivity index (χ2v) is 3.44. The third-order valence-electron chi connectivity index (χ3n) is 2.36. The van der Waals surface area contributed by atoms with E-state index in [1.165, 1.54) is 4.90 Å². The van der Waals surface area contributed by atoms with Crippen LogP contribution in [-0.4, -0.2) is 29.4 Å².